The highest BCUT2D eigenvalue weighted by Gasteiger charge is 2.24. The van der Waals surface area contributed by atoms with Crippen molar-refractivity contribution >= 4 is 11.9 Å². The van der Waals surface area contributed by atoms with E-state index in [1.807, 2.05) is 36.4 Å². The zero-order valence-corrected chi connectivity index (χ0v) is 14.6. The van der Waals surface area contributed by atoms with E-state index in [4.69, 9.17) is 10.8 Å². The lowest BCUT2D eigenvalue weighted by atomic mass is 9.85. The summed E-state index contributed by atoms with van der Waals surface area (Å²) in [6, 6.07) is 19.1. The van der Waals surface area contributed by atoms with E-state index in [1.54, 1.807) is 0 Å². The largest absolute Gasteiger partial charge is 0.481 e. The van der Waals surface area contributed by atoms with Crippen LogP contribution in [0.1, 0.15) is 42.7 Å². The fourth-order valence-electron chi connectivity index (χ4n) is 3.21. The Bertz CT molecular complexity index is 663. The summed E-state index contributed by atoms with van der Waals surface area (Å²) in [6.07, 6.45) is 1.83. The Morgan fingerprint density at radius 3 is 1.73 bits per heavy atom. The predicted octanol–water partition coefficient (Wildman–Crippen LogP) is 3.49. The van der Waals surface area contributed by atoms with Gasteiger partial charge in [0.25, 0.3) is 0 Å². The summed E-state index contributed by atoms with van der Waals surface area (Å²) >= 11 is 0. The molecule has 2 aromatic carbocycles. The number of hydrogen-bond donors (Lipinski definition) is 3. The fourth-order valence-corrected chi connectivity index (χ4v) is 3.21. The van der Waals surface area contributed by atoms with E-state index >= 15 is 0 Å². The van der Waals surface area contributed by atoms with Crippen molar-refractivity contribution in [1.82, 2.24) is 0 Å². The van der Waals surface area contributed by atoms with Gasteiger partial charge in [0.1, 0.15) is 6.04 Å². The minimum Gasteiger partial charge on any atom is -0.481 e. The lowest BCUT2D eigenvalue weighted by molar-refractivity contribution is -0.143. The predicted molar refractivity (Wildman–Crippen MR) is 99.9 cm³/mol. The summed E-state index contributed by atoms with van der Waals surface area (Å²) in [5, 5.41) is 18.3. The SMILES string of the molecule is N[C@@H](CC(CCCC(c1ccccc1)c1ccccc1)C(=O)O)C(=O)O. The van der Waals surface area contributed by atoms with Gasteiger partial charge in [-0.05, 0) is 30.4 Å². The van der Waals surface area contributed by atoms with Crippen LogP contribution in [-0.4, -0.2) is 28.2 Å². The van der Waals surface area contributed by atoms with Crippen LogP contribution in [0.5, 0.6) is 0 Å². The Kier molecular flexibility index (Phi) is 7.36. The number of carboxylic acid groups (broad SMARTS) is 2. The Hall–Kier alpha value is -2.66. The van der Waals surface area contributed by atoms with Crippen LogP contribution in [0.15, 0.2) is 60.7 Å². The van der Waals surface area contributed by atoms with Gasteiger partial charge in [0, 0.05) is 5.92 Å². The highest BCUT2D eigenvalue weighted by Crippen LogP contribution is 2.30. The van der Waals surface area contributed by atoms with Crippen LogP contribution in [0.2, 0.25) is 0 Å². The molecule has 0 bridgehead atoms. The van der Waals surface area contributed by atoms with E-state index < -0.39 is 23.9 Å². The van der Waals surface area contributed by atoms with E-state index in [-0.39, 0.29) is 12.3 Å². The molecule has 0 aliphatic heterocycles. The van der Waals surface area contributed by atoms with Crippen molar-refractivity contribution in [2.75, 3.05) is 0 Å². The molecule has 0 amide bonds. The Morgan fingerprint density at radius 2 is 1.31 bits per heavy atom. The van der Waals surface area contributed by atoms with Gasteiger partial charge in [-0.3, -0.25) is 9.59 Å². The summed E-state index contributed by atoms with van der Waals surface area (Å²) in [7, 11) is 0. The van der Waals surface area contributed by atoms with Gasteiger partial charge >= 0.3 is 11.9 Å². The molecule has 4 N–H and O–H groups in total. The molecule has 2 rings (SSSR count). The molecular weight excluding hydrogens is 330 g/mol. The maximum absolute atomic E-state index is 11.4. The lowest BCUT2D eigenvalue weighted by Crippen LogP contribution is -2.34. The van der Waals surface area contributed by atoms with Crippen LogP contribution in [0, 0.1) is 5.92 Å². The summed E-state index contributed by atoms with van der Waals surface area (Å²) in [5.74, 6) is -2.71. The quantitative estimate of drug-likeness (QED) is 0.606. The van der Waals surface area contributed by atoms with Crippen LogP contribution >= 0.6 is 0 Å². The van der Waals surface area contributed by atoms with Crippen molar-refractivity contribution in [1.29, 1.82) is 0 Å². The van der Waals surface area contributed by atoms with Gasteiger partial charge in [0.2, 0.25) is 0 Å². The molecule has 5 heteroatoms. The first-order chi connectivity index (χ1) is 12.5. The molecule has 26 heavy (non-hydrogen) atoms. The molecular formula is C21H25NO4. The van der Waals surface area contributed by atoms with Gasteiger partial charge in [-0.25, -0.2) is 0 Å². The molecule has 138 valence electrons. The Morgan fingerprint density at radius 1 is 0.808 bits per heavy atom. The molecule has 2 aromatic rings. The smallest absolute Gasteiger partial charge is 0.320 e. The molecule has 0 fully saturated rings. The van der Waals surface area contributed by atoms with Crippen LogP contribution < -0.4 is 5.73 Å². The minimum atomic E-state index is -1.16. The van der Waals surface area contributed by atoms with Crippen LogP contribution in [0.25, 0.3) is 0 Å². The summed E-state index contributed by atoms with van der Waals surface area (Å²) < 4.78 is 0. The number of rotatable bonds is 10. The number of aliphatic carboxylic acids is 2. The first kappa shape index (κ1) is 19.7. The first-order valence-corrected chi connectivity index (χ1v) is 8.80. The number of carboxylic acids is 2. The van der Waals surface area contributed by atoms with Crippen LogP contribution in [0.3, 0.4) is 0 Å². The first-order valence-electron chi connectivity index (χ1n) is 8.80. The molecule has 1 unspecified atom stereocenters. The molecule has 2 atom stereocenters. The van der Waals surface area contributed by atoms with E-state index in [2.05, 4.69) is 24.3 Å². The standard InChI is InChI=1S/C21H25NO4/c22-19(21(25)26)14-17(20(23)24)12-7-13-18(15-8-3-1-4-9-15)16-10-5-2-6-11-16/h1-6,8-11,17-19H,7,12-14,22H2,(H,23,24)(H,25,26)/t17?,19-/m0/s1. The van der Waals surface area contributed by atoms with Crippen molar-refractivity contribution in [2.24, 2.45) is 11.7 Å². The molecule has 0 saturated heterocycles. The monoisotopic (exact) mass is 355 g/mol. The third-order valence-corrected chi connectivity index (χ3v) is 4.65. The Balaban J connectivity index is 2.05. The molecule has 0 aromatic heterocycles. The molecule has 0 aliphatic carbocycles. The topological polar surface area (TPSA) is 101 Å². The molecule has 0 saturated carbocycles. The van der Waals surface area contributed by atoms with Crippen molar-refractivity contribution in [3.8, 4) is 0 Å². The lowest BCUT2D eigenvalue weighted by Gasteiger charge is -2.20. The molecule has 5 nitrogen and oxygen atoms in total. The maximum atomic E-state index is 11.4. The highest BCUT2D eigenvalue weighted by atomic mass is 16.4. The van der Waals surface area contributed by atoms with Gasteiger partial charge in [-0.1, -0.05) is 67.1 Å². The normalized spacial score (nSPS) is 13.3. The molecule has 0 radical (unpaired) electrons. The van der Waals surface area contributed by atoms with Gasteiger partial charge in [-0.2, -0.15) is 0 Å². The van der Waals surface area contributed by atoms with Crippen molar-refractivity contribution in [2.45, 2.75) is 37.6 Å². The van der Waals surface area contributed by atoms with Gasteiger partial charge in [-0.15, -0.1) is 0 Å². The average molecular weight is 355 g/mol. The number of nitrogens with two attached hydrogens (primary N) is 1. The summed E-state index contributed by atoms with van der Waals surface area (Å²) in [4.78, 5) is 22.3. The second kappa shape index (κ2) is 9.73. The van der Waals surface area contributed by atoms with Crippen molar-refractivity contribution in [3.63, 3.8) is 0 Å². The molecule has 0 heterocycles. The number of benzene rings is 2. The molecule has 0 aliphatic rings. The summed E-state index contributed by atoms with van der Waals surface area (Å²) in [5.41, 5.74) is 7.88. The second-order valence-electron chi connectivity index (χ2n) is 6.52. The zero-order valence-electron chi connectivity index (χ0n) is 14.6. The average Bonchev–Trinajstić information content (AvgIpc) is 2.65. The third kappa shape index (κ3) is 5.70. The van der Waals surface area contributed by atoms with E-state index in [0.717, 1.165) is 6.42 Å². The van der Waals surface area contributed by atoms with Gasteiger partial charge in [0.05, 0.1) is 5.92 Å². The molecule has 0 spiro atoms. The van der Waals surface area contributed by atoms with E-state index in [9.17, 15) is 14.7 Å². The van der Waals surface area contributed by atoms with Crippen LogP contribution in [0.4, 0.5) is 0 Å². The Labute approximate surface area is 153 Å². The second-order valence-corrected chi connectivity index (χ2v) is 6.52. The zero-order chi connectivity index (χ0) is 18.9. The van der Waals surface area contributed by atoms with E-state index in [1.165, 1.54) is 11.1 Å². The van der Waals surface area contributed by atoms with E-state index in [0.29, 0.717) is 12.8 Å². The minimum absolute atomic E-state index is 0.0496. The van der Waals surface area contributed by atoms with Gasteiger partial charge in [0.15, 0.2) is 0 Å². The number of carbonyl (C=O) groups is 2. The fraction of sp³-hybridized carbons (Fsp3) is 0.333. The highest BCUT2D eigenvalue weighted by molar-refractivity contribution is 5.75. The van der Waals surface area contributed by atoms with Crippen molar-refractivity contribution in [3.05, 3.63) is 71.8 Å². The third-order valence-electron chi connectivity index (χ3n) is 4.65. The maximum Gasteiger partial charge on any atom is 0.320 e. The number of hydrogen-bond acceptors (Lipinski definition) is 3. The van der Waals surface area contributed by atoms with Crippen molar-refractivity contribution < 1.29 is 19.8 Å². The van der Waals surface area contributed by atoms with Gasteiger partial charge < -0.3 is 15.9 Å². The summed E-state index contributed by atoms with van der Waals surface area (Å²) in [6.45, 7) is 0. The van der Waals surface area contributed by atoms with Crippen LogP contribution in [-0.2, 0) is 9.59 Å².